The van der Waals surface area contributed by atoms with Crippen molar-refractivity contribution >= 4 is 45.2 Å². The molecule has 0 aliphatic rings. The van der Waals surface area contributed by atoms with E-state index in [1.807, 2.05) is 173 Å². The summed E-state index contributed by atoms with van der Waals surface area (Å²) in [7, 11) is 0. The quantitative estimate of drug-likeness (QED) is 0.0976. The second-order valence-electron chi connectivity index (χ2n) is 36.4. The lowest BCUT2D eigenvalue weighted by Crippen LogP contribution is -1.96. The molecule has 0 atom stereocenters. The van der Waals surface area contributed by atoms with E-state index < -0.39 is 0 Å². The lowest BCUT2D eigenvalue weighted by atomic mass is 10.1. The molecule has 0 spiro atoms. The fourth-order valence-electron chi connectivity index (χ4n) is 15.9. The number of nitrogens with zero attached hydrogens (tertiary/aromatic N) is 30. The van der Waals surface area contributed by atoms with Gasteiger partial charge < -0.3 is 0 Å². The third kappa shape index (κ3) is 35.9. The minimum Gasteiger partial charge on any atom is -0.289 e. The Labute approximate surface area is 885 Å². The molecule has 0 saturated heterocycles. The van der Waals surface area contributed by atoms with Crippen LogP contribution in [0.15, 0.2) is 258 Å². The molecule has 784 valence electrons. The van der Waals surface area contributed by atoms with Crippen molar-refractivity contribution in [3.8, 4) is 0 Å². The molecule has 0 aromatic carbocycles. The molecule has 150 heavy (non-hydrogen) atoms. The van der Waals surface area contributed by atoms with E-state index in [0.717, 1.165) is 158 Å². The molecule has 0 aliphatic carbocycles. The van der Waals surface area contributed by atoms with Gasteiger partial charge in [-0.25, -0.2) is 0 Å². The van der Waals surface area contributed by atoms with E-state index in [0.29, 0.717) is 0 Å². The Morgan fingerprint density at radius 2 is 0.727 bits per heavy atom. The van der Waals surface area contributed by atoms with E-state index in [1.165, 1.54) is 134 Å². The lowest BCUT2D eigenvalue weighted by molar-refractivity contribution is 0.907. The van der Waals surface area contributed by atoms with Gasteiger partial charge in [0.25, 0.3) is 0 Å². The maximum atomic E-state index is 4.20. The number of aryl methyl sites for hydroxylation is 28. The molecule has 30 heteroatoms. The number of pyridine rings is 14. The van der Waals surface area contributed by atoms with E-state index in [1.54, 1.807) is 38.0 Å². The summed E-state index contributed by atoms with van der Waals surface area (Å²) in [5.74, 6) is 2.04. The molecule has 0 radical (unpaired) electrons. The van der Waals surface area contributed by atoms with Crippen LogP contribution in [0.2, 0.25) is 0 Å². The minimum atomic E-state index is 0.921. The van der Waals surface area contributed by atoms with Crippen LogP contribution < -0.4 is 0 Å². The van der Waals surface area contributed by atoms with Crippen LogP contribution in [0.25, 0.3) is 45.2 Å². The molecule has 22 aromatic rings. The number of aromatic nitrogens is 30. The normalized spacial score (nSPS) is 10.4. The van der Waals surface area contributed by atoms with Crippen LogP contribution in [0.4, 0.5) is 0 Å². The van der Waals surface area contributed by atoms with E-state index >= 15 is 0 Å². The average molecular weight is 2020 g/mol. The molecular formula is C120H154N30. The van der Waals surface area contributed by atoms with Crippen LogP contribution >= 0.6 is 0 Å². The molecule has 0 unspecified atom stereocenters. The van der Waals surface area contributed by atoms with Crippen molar-refractivity contribution in [1.29, 1.82) is 0 Å². The second kappa shape index (κ2) is 61.5. The van der Waals surface area contributed by atoms with Crippen LogP contribution in [0, 0.1) is 96.9 Å². The number of hydrogen-bond acceptors (Lipinski definition) is 22. The van der Waals surface area contributed by atoms with Gasteiger partial charge in [0.05, 0.1) is 0 Å². The molecule has 0 N–H and O–H groups in total. The van der Waals surface area contributed by atoms with Gasteiger partial charge in [-0.05, 0) is 365 Å². The van der Waals surface area contributed by atoms with Gasteiger partial charge in [-0.15, -0.1) is 81.6 Å². The highest BCUT2D eigenvalue weighted by molar-refractivity contribution is 5.51. The van der Waals surface area contributed by atoms with E-state index in [2.05, 4.69) is 388 Å². The zero-order chi connectivity index (χ0) is 109. The van der Waals surface area contributed by atoms with Crippen LogP contribution in [0.1, 0.15) is 254 Å². The molecular weight excluding hydrogens is 1860 g/mol. The van der Waals surface area contributed by atoms with Crippen molar-refractivity contribution in [2.45, 2.75) is 284 Å². The van der Waals surface area contributed by atoms with Crippen molar-refractivity contribution in [3.05, 3.63) is 415 Å². The van der Waals surface area contributed by atoms with Gasteiger partial charge in [-0.2, -0.15) is 0 Å². The monoisotopic (exact) mass is 2020 g/mol. The van der Waals surface area contributed by atoms with Gasteiger partial charge >= 0.3 is 0 Å². The number of hydrogen-bond donors (Lipinski definition) is 0. The Morgan fingerprint density at radius 3 is 1.18 bits per heavy atom. The highest BCUT2D eigenvalue weighted by Gasteiger charge is 2.11. The van der Waals surface area contributed by atoms with E-state index in [4.69, 9.17) is 0 Å². The molecule has 22 aromatic heterocycles. The van der Waals surface area contributed by atoms with Gasteiger partial charge in [0.15, 0.2) is 45.2 Å². The predicted octanol–water partition coefficient (Wildman–Crippen LogP) is 24.5. The van der Waals surface area contributed by atoms with E-state index in [-0.39, 0.29) is 0 Å². The molecule has 0 aliphatic heterocycles. The zero-order valence-electron chi connectivity index (χ0n) is 93.6. The SMILES string of the molecule is CCc1c(C)ccc2nncn12.CCc1c(C)ccc2nncn12.CCc1cc(C)ccn1.CCc1cc(C)cn2cnnc12.CCc1cc(C)cn2cnnc12.CCc1cc2nncn2cc1C.CCc1cc2nncn2cc1C.CCc1ccc(C)cn1.CCc1ccc(C)nc1.CCc1ccnc(C)c1.CCc1cncc(C)c1.CCc1ncccc1C.CCc1nnc2cc(C)ccn12.CCc1nnc2ccc(C)cn12. The largest absolute Gasteiger partial charge is 0.289 e. The summed E-state index contributed by atoms with van der Waals surface area (Å²) in [5, 5.41) is 63.4. The topological polar surface area (TPSA) is 319 Å². The van der Waals surface area contributed by atoms with Gasteiger partial charge in [-0.3, -0.25) is 65.1 Å². The van der Waals surface area contributed by atoms with Crippen LogP contribution in [0.3, 0.4) is 0 Å². The third-order valence-corrected chi connectivity index (χ3v) is 24.6. The van der Waals surface area contributed by atoms with Crippen LogP contribution in [-0.2, 0) is 89.9 Å². The first kappa shape index (κ1) is 117. The average Bonchev–Trinajstić information content (AvgIpc) is 1.67. The highest BCUT2D eigenvalue weighted by atomic mass is 15.3. The van der Waals surface area contributed by atoms with Crippen LogP contribution in [0.5, 0.6) is 0 Å². The van der Waals surface area contributed by atoms with Gasteiger partial charge in [0.2, 0.25) is 0 Å². The van der Waals surface area contributed by atoms with Crippen molar-refractivity contribution in [1.82, 2.24) is 147 Å². The molecule has 0 bridgehead atoms. The third-order valence-electron chi connectivity index (χ3n) is 24.6. The summed E-state index contributed by atoms with van der Waals surface area (Å²) in [5.41, 5.74) is 40.2. The molecule has 0 fully saturated rings. The zero-order valence-corrected chi connectivity index (χ0v) is 93.6. The molecule has 22 rings (SSSR count). The maximum Gasteiger partial charge on any atom is 0.163 e. The second-order valence-corrected chi connectivity index (χ2v) is 36.4. The predicted molar refractivity (Wildman–Crippen MR) is 607 cm³/mol. The van der Waals surface area contributed by atoms with Crippen molar-refractivity contribution in [3.63, 3.8) is 0 Å². The van der Waals surface area contributed by atoms with Gasteiger partial charge in [0, 0.05) is 133 Å². The standard InChI is InChI=1S/8C9H11N3.6C8H11N/c2*1-3-8-4-9-11-10-6-12(9)5-7(8)2;2*1-3-8-4-7(2)5-12-6-10-11-9(8)12;2*1-3-8-7(2)4-5-9-11-10-6-12(8)9;1-3-8-10-11-9-6-7(2)4-5-12(8)9;1-3-8-10-11-9-5-4-7(2)6-12(8)9;1-3-8-4-7(2)5-9-6-8;1-3-8-4-5-9-7(2)6-8;1-3-8-5-4-7(2)9-6-8;1-3-8-6-7(2)4-5-9-8;1-3-8-5-4-7(2)6-9-8;1-3-8-7(2)5-4-6-9-8/h8*4-6H,3H2,1-2H3;6*4-6H,3H2,1-2H3. The Bertz CT molecular complexity index is 7370. The van der Waals surface area contributed by atoms with Crippen LogP contribution in [-0.4, -0.2) is 147 Å². The van der Waals surface area contributed by atoms with E-state index in [9.17, 15) is 0 Å². The van der Waals surface area contributed by atoms with Crippen molar-refractivity contribution in [2.24, 2.45) is 0 Å². The molecule has 0 amide bonds. The summed E-state index contributed by atoms with van der Waals surface area (Å²) >= 11 is 0. The van der Waals surface area contributed by atoms with Gasteiger partial charge in [-0.1, -0.05) is 152 Å². The number of rotatable bonds is 14. The first-order chi connectivity index (χ1) is 72.5. The first-order valence-corrected chi connectivity index (χ1v) is 52.3. The summed E-state index contributed by atoms with van der Waals surface area (Å²) in [4.78, 5) is 24.8. The Balaban J connectivity index is 0.000000180. The summed E-state index contributed by atoms with van der Waals surface area (Å²) in [6, 6.07) is 47.6. The fraction of sp³-hybridized carbons (Fsp3) is 0.350. The summed E-state index contributed by atoms with van der Waals surface area (Å²) < 4.78 is 15.9. The highest BCUT2D eigenvalue weighted by Crippen LogP contribution is 2.19. The van der Waals surface area contributed by atoms with Crippen molar-refractivity contribution < 1.29 is 0 Å². The molecule has 30 nitrogen and oxygen atoms in total. The smallest absolute Gasteiger partial charge is 0.163 e. The Hall–Kier alpha value is -16.1. The van der Waals surface area contributed by atoms with Gasteiger partial charge in [0.1, 0.15) is 49.6 Å². The van der Waals surface area contributed by atoms with Crippen molar-refractivity contribution in [2.75, 3.05) is 0 Å². The Morgan fingerprint density at radius 1 is 0.227 bits per heavy atom. The summed E-state index contributed by atoms with van der Waals surface area (Å²) in [6.07, 6.45) is 50.2. The fourth-order valence-corrected chi connectivity index (χ4v) is 15.9. The Kier molecular flexibility index (Phi) is 48.1. The minimum absolute atomic E-state index is 0.921. The summed E-state index contributed by atoms with van der Waals surface area (Å²) in [6.45, 7) is 58.8. The maximum absolute atomic E-state index is 4.20. The first-order valence-electron chi connectivity index (χ1n) is 52.3. The number of fused-ring (bicyclic) bond motifs is 8. The lowest BCUT2D eigenvalue weighted by Gasteiger charge is -2.04. The molecule has 22 heterocycles. The molecule has 0 saturated carbocycles.